The van der Waals surface area contributed by atoms with E-state index in [-0.39, 0.29) is 36.5 Å². The zero-order valence-electron chi connectivity index (χ0n) is 36.9. The van der Waals surface area contributed by atoms with Gasteiger partial charge in [0.05, 0.1) is 44.5 Å². The first-order chi connectivity index (χ1) is 32.1. The lowest BCUT2D eigenvalue weighted by Crippen LogP contribution is -2.46. The lowest BCUT2D eigenvalue weighted by Gasteiger charge is -2.34. The minimum Gasteiger partial charge on any atom is -0.393 e. The number of halogens is 3. The summed E-state index contributed by atoms with van der Waals surface area (Å²) in [6.07, 6.45) is 3.68. The lowest BCUT2D eigenvalue weighted by molar-refractivity contribution is -0.135. The Kier molecular flexibility index (Phi) is 14.1. The van der Waals surface area contributed by atoms with Gasteiger partial charge in [-0.25, -0.2) is 9.97 Å². The molecule has 6 heterocycles. The number of aliphatic hydroxyl groups excluding tert-OH is 1. The summed E-state index contributed by atoms with van der Waals surface area (Å²) in [5.74, 6) is -0.369. The van der Waals surface area contributed by atoms with Crippen molar-refractivity contribution in [3.8, 4) is 11.1 Å². The highest BCUT2D eigenvalue weighted by atomic mass is 19.4. The Morgan fingerprint density at radius 3 is 2.35 bits per heavy atom. The molecule has 0 spiro atoms. The fourth-order valence-electron chi connectivity index (χ4n) is 9.51. The lowest BCUT2D eigenvalue weighted by atomic mass is 9.93. The molecule has 2 amide bonds. The Hall–Kier alpha value is -5.66. The molecule has 15 nitrogen and oxygen atoms in total. The van der Waals surface area contributed by atoms with E-state index in [2.05, 4.69) is 81.8 Å². The summed E-state index contributed by atoms with van der Waals surface area (Å²) in [5, 5.41) is 21.6. The number of piperidine rings is 1. The van der Waals surface area contributed by atoms with Crippen LogP contribution in [0.2, 0.25) is 0 Å². The molecule has 2 aliphatic heterocycles. The van der Waals surface area contributed by atoms with Crippen LogP contribution in [0.25, 0.3) is 44.1 Å². The number of pyridine rings is 1. The van der Waals surface area contributed by atoms with E-state index in [0.29, 0.717) is 64.3 Å². The number of rotatable bonds is 18. The summed E-state index contributed by atoms with van der Waals surface area (Å²) in [7, 11) is 0. The molecule has 3 aliphatic rings. The smallest absolute Gasteiger partial charge is 0.390 e. The van der Waals surface area contributed by atoms with Crippen LogP contribution in [0.1, 0.15) is 62.6 Å². The van der Waals surface area contributed by atoms with E-state index in [4.69, 9.17) is 9.47 Å². The van der Waals surface area contributed by atoms with E-state index in [1.165, 1.54) is 5.56 Å². The van der Waals surface area contributed by atoms with Gasteiger partial charge >= 0.3 is 6.18 Å². The van der Waals surface area contributed by atoms with Crippen molar-refractivity contribution >= 4 is 56.4 Å². The molecule has 0 bridgehead atoms. The summed E-state index contributed by atoms with van der Waals surface area (Å²) in [6.45, 7) is 8.09. The van der Waals surface area contributed by atoms with Crippen LogP contribution < -0.4 is 16.0 Å². The molecule has 18 heteroatoms. The first-order valence-electron chi connectivity index (χ1n) is 23.1. The molecule has 350 valence electrons. The van der Waals surface area contributed by atoms with Gasteiger partial charge in [0.1, 0.15) is 17.3 Å². The molecule has 66 heavy (non-hydrogen) atoms. The number of imide groups is 1. The number of piperazine rings is 1. The van der Waals surface area contributed by atoms with Crippen molar-refractivity contribution < 1.29 is 37.3 Å². The van der Waals surface area contributed by atoms with Crippen LogP contribution in [-0.4, -0.2) is 135 Å². The number of hydrogen-bond donors (Lipinski definition) is 4. The number of anilines is 2. The first-order valence-corrected chi connectivity index (χ1v) is 23.1. The number of carbonyl (C=O) groups is 2. The summed E-state index contributed by atoms with van der Waals surface area (Å²) in [6, 6.07) is 18.1. The van der Waals surface area contributed by atoms with Crippen molar-refractivity contribution in [3.05, 3.63) is 78.8 Å². The van der Waals surface area contributed by atoms with Gasteiger partial charge in [-0.1, -0.05) is 24.3 Å². The van der Waals surface area contributed by atoms with Crippen LogP contribution in [0.3, 0.4) is 0 Å². The van der Waals surface area contributed by atoms with Crippen LogP contribution in [0.5, 0.6) is 0 Å². The number of aromatic nitrogens is 5. The molecule has 4 aromatic heterocycles. The van der Waals surface area contributed by atoms with Gasteiger partial charge in [-0.2, -0.15) is 18.2 Å². The maximum Gasteiger partial charge on any atom is 0.390 e. The Balaban J connectivity index is 0.687. The van der Waals surface area contributed by atoms with Gasteiger partial charge in [-0.05, 0) is 73.6 Å². The summed E-state index contributed by atoms with van der Waals surface area (Å²) < 4.78 is 54.2. The highest BCUT2D eigenvalue weighted by molar-refractivity contribution is 6.09. The molecule has 2 saturated heterocycles. The minimum absolute atomic E-state index is 0.132. The monoisotopic (exact) mass is 910 g/mol. The molecule has 6 aromatic rings. The Labute approximate surface area is 380 Å². The van der Waals surface area contributed by atoms with Crippen LogP contribution in [0.4, 0.5) is 24.8 Å². The summed E-state index contributed by atoms with van der Waals surface area (Å²) >= 11 is 0. The fraction of sp³-hybridized carbons (Fsp3) is 0.479. The van der Waals surface area contributed by atoms with E-state index < -0.39 is 18.6 Å². The molecule has 1 atom stereocenters. The third-order valence-electron chi connectivity index (χ3n) is 13.0. The van der Waals surface area contributed by atoms with E-state index in [1.54, 1.807) is 12.4 Å². The highest BCUT2D eigenvalue weighted by Gasteiger charge is 2.31. The third-order valence-corrected chi connectivity index (χ3v) is 13.0. The number of fused-ring (bicyclic) bond motifs is 4. The Bertz CT molecular complexity index is 2620. The number of hydrogen-bond acceptors (Lipinski definition) is 12. The molecule has 1 aliphatic carbocycles. The SMILES string of the molecule is O=C1CC[C@H](n2c3ccc(NCCOCCOCCN4CCN(Cc5ccc(-c6cn(C7CCC(O)CC7)c7nc(NCCC(F)(F)F)ncc67)cc5)CC4)cc3c3cccnc32)C(=O)N1. The van der Waals surface area contributed by atoms with Crippen LogP contribution in [0.15, 0.2) is 73.2 Å². The number of alkyl halides is 3. The Morgan fingerprint density at radius 2 is 1.58 bits per heavy atom. The van der Waals surface area contributed by atoms with Crippen molar-refractivity contribution in [1.82, 2.24) is 39.2 Å². The Morgan fingerprint density at radius 1 is 0.803 bits per heavy atom. The predicted octanol–water partition coefficient (Wildman–Crippen LogP) is 6.68. The van der Waals surface area contributed by atoms with Crippen molar-refractivity contribution in [2.24, 2.45) is 0 Å². The zero-order chi connectivity index (χ0) is 45.6. The molecule has 9 rings (SSSR count). The number of nitrogens with one attached hydrogen (secondary N) is 3. The number of carbonyl (C=O) groups excluding carboxylic acids is 2. The second-order valence-corrected chi connectivity index (χ2v) is 17.5. The molecule has 2 aromatic carbocycles. The van der Waals surface area contributed by atoms with Crippen LogP contribution >= 0.6 is 0 Å². The molecule has 3 fully saturated rings. The second-order valence-electron chi connectivity index (χ2n) is 17.5. The second kappa shape index (κ2) is 20.5. The number of amides is 2. The molecular formula is C48H57F3N10O5. The average Bonchev–Trinajstić information content (AvgIpc) is 3.85. The first kappa shape index (κ1) is 45.5. The predicted molar refractivity (Wildman–Crippen MR) is 246 cm³/mol. The van der Waals surface area contributed by atoms with E-state index in [9.17, 15) is 27.9 Å². The molecular weight excluding hydrogens is 854 g/mol. The largest absolute Gasteiger partial charge is 0.393 e. The average molecular weight is 911 g/mol. The summed E-state index contributed by atoms with van der Waals surface area (Å²) in [4.78, 5) is 43.1. The standard InChI is InChI=1S/C48H57F3N10O5/c49-48(50,51)15-17-54-47-55-29-39-40(31-60(45(39)57-47)35-8-10-36(62)11-9-35)33-5-3-32(4-6-33)30-59-21-19-58(20-22-59)23-25-66-27-26-65-24-18-52-34-7-12-41-38(28-34)37-2-1-16-53-44(37)61(41)42-13-14-43(63)56-46(42)64/h1-7,12,16,28-29,31,35-36,42,52,62H,8-11,13-15,17-27,30H2,(H,54,55,57)(H,56,63,64)/t35?,36?,42-/m0/s1. The fourth-order valence-corrected chi connectivity index (χ4v) is 9.51. The van der Waals surface area contributed by atoms with Gasteiger partial charge in [-0.3, -0.25) is 24.7 Å². The van der Waals surface area contributed by atoms with Crippen LogP contribution in [0, 0.1) is 0 Å². The van der Waals surface area contributed by atoms with Crippen molar-refractivity contribution in [2.45, 2.75) is 75.9 Å². The molecule has 0 radical (unpaired) electrons. The topological polar surface area (TPSA) is 164 Å². The molecule has 0 unspecified atom stereocenters. The quantitative estimate of drug-likeness (QED) is 0.0535. The number of aliphatic hydroxyl groups is 1. The number of nitrogens with zero attached hydrogens (tertiary/aromatic N) is 7. The zero-order valence-corrected chi connectivity index (χ0v) is 36.9. The highest BCUT2D eigenvalue weighted by Crippen LogP contribution is 2.38. The minimum atomic E-state index is -4.26. The third kappa shape index (κ3) is 10.8. The van der Waals surface area contributed by atoms with Crippen molar-refractivity contribution in [3.63, 3.8) is 0 Å². The van der Waals surface area contributed by atoms with E-state index in [1.807, 2.05) is 28.8 Å². The summed E-state index contributed by atoms with van der Waals surface area (Å²) in [5.41, 5.74) is 6.47. The maximum absolute atomic E-state index is 12.8. The van der Waals surface area contributed by atoms with Gasteiger partial charge in [-0.15, -0.1) is 0 Å². The van der Waals surface area contributed by atoms with E-state index >= 15 is 0 Å². The molecule has 1 saturated carbocycles. The van der Waals surface area contributed by atoms with Gasteiger partial charge in [0.2, 0.25) is 17.8 Å². The van der Waals surface area contributed by atoms with Crippen molar-refractivity contribution in [2.75, 3.05) is 82.9 Å². The molecule has 4 N–H and O–H groups in total. The van der Waals surface area contributed by atoms with E-state index in [0.717, 1.165) is 96.2 Å². The van der Waals surface area contributed by atoms with Gasteiger partial charge < -0.3 is 34.3 Å². The van der Waals surface area contributed by atoms with Gasteiger partial charge in [0, 0.05) is 111 Å². The number of ether oxygens (including phenoxy) is 2. The van der Waals surface area contributed by atoms with Gasteiger partial charge in [0.25, 0.3) is 0 Å². The van der Waals surface area contributed by atoms with Gasteiger partial charge in [0.15, 0.2) is 0 Å². The maximum atomic E-state index is 12.8. The number of benzene rings is 2. The normalized spacial score (nSPS) is 20.1. The van der Waals surface area contributed by atoms with Crippen LogP contribution in [-0.2, 0) is 25.6 Å². The van der Waals surface area contributed by atoms with Crippen molar-refractivity contribution in [1.29, 1.82) is 0 Å².